The van der Waals surface area contributed by atoms with E-state index in [1.165, 1.54) is 64.2 Å². The van der Waals surface area contributed by atoms with Gasteiger partial charge in [0.05, 0.1) is 23.3 Å². The highest BCUT2D eigenvalue weighted by atomic mass is 32.1. The van der Waals surface area contributed by atoms with Crippen molar-refractivity contribution in [2.45, 2.75) is 90.9 Å². The van der Waals surface area contributed by atoms with Crippen LogP contribution in [0.1, 0.15) is 90.9 Å². The maximum atomic E-state index is 5.92. The lowest BCUT2D eigenvalue weighted by atomic mass is 9.93. The molecule has 166 valence electrons. The number of hydrogen-bond donors (Lipinski definition) is 1. The van der Waals surface area contributed by atoms with Gasteiger partial charge < -0.3 is 10.1 Å². The van der Waals surface area contributed by atoms with E-state index in [2.05, 4.69) is 29.1 Å². The molecule has 0 saturated carbocycles. The first-order chi connectivity index (χ1) is 14.7. The topological polar surface area (TPSA) is 47.0 Å². The first-order valence-electron chi connectivity index (χ1n) is 11.8. The van der Waals surface area contributed by atoms with E-state index in [-0.39, 0.29) is 0 Å². The summed E-state index contributed by atoms with van der Waals surface area (Å²) in [6.07, 6.45) is 18.7. The Morgan fingerprint density at radius 2 is 1.60 bits per heavy atom. The van der Waals surface area contributed by atoms with Crippen molar-refractivity contribution in [3.05, 3.63) is 24.7 Å². The van der Waals surface area contributed by atoms with Gasteiger partial charge in [0.15, 0.2) is 0 Å². The highest BCUT2D eigenvalue weighted by Gasteiger charge is 2.18. The third-order valence-electron chi connectivity index (χ3n) is 5.80. The predicted molar refractivity (Wildman–Crippen MR) is 133 cm³/mol. The number of rotatable bonds is 15. The molecule has 0 aliphatic rings. The number of ether oxygens (including phenoxy) is 1. The Hall–Kier alpha value is -1.75. The second-order valence-corrected chi connectivity index (χ2v) is 8.63. The summed E-state index contributed by atoms with van der Waals surface area (Å²) in [5.74, 6) is 1.19. The van der Waals surface area contributed by atoms with E-state index in [0.717, 1.165) is 40.2 Å². The SMILES string of the molecule is CCCCCCCCC(CCCCCC)C(=S)Nc1c(OC)ccc2ncncc12. The molecule has 0 aliphatic heterocycles. The zero-order chi connectivity index (χ0) is 21.6. The number of thiocarbonyl (C=S) groups is 1. The van der Waals surface area contributed by atoms with Crippen LogP contribution in [0.25, 0.3) is 10.9 Å². The smallest absolute Gasteiger partial charge is 0.143 e. The van der Waals surface area contributed by atoms with Crippen molar-refractivity contribution in [1.29, 1.82) is 0 Å². The van der Waals surface area contributed by atoms with Gasteiger partial charge in [0, 0.05) is 17.5 Å². The number of aromatic nitrogens is 2. The first-order valence-corrected chi connectivity index (χ1v) is 12.2. The average molecular weight is 430 g/mol. The first kappa shape index (κ1) is 24.5. The van der Waals surface area contributed by atoms with Crippen molar-refractivity contribution in [3.8, 4) is 5.75 Å². The number of nitrogens with one attached hydrogen (secondary N) is 1. The van der Waals surface area contributed by atoms with Gasteiger partial charge in [0.25, 0.3) is 0 Å². The molecule has 1 aromatic carbocycles. The molecule has 4 nitrogen and oxygen atoms in total. The van der Waals surface area contributed by atoms with Gasteiger partial charge in [-0.25, -0.2) is 9.97 Å². The van der Waals surface area contributed by atoms with Crippen LogP contribution < -0.4 is 10.1 Å². The standard InChI is InChI=1S/C25H39N3OS/c1-4-6-8-10-11-13-15-20(14-12-9-7-5-2)25(30)28-24-21-18-26-19-27-22(21)16-17-23(24)29-3/h16-20H,4-15H2,1-3H3,(H,28,30). The zero-order valence-corrected chi connectivity index (χ0v) is 19.9. The lowest BCUT2D eigenvalue weighted by molar-refractivity contribution is 0.417. The second kappa shape index (κ2) is 14.3. The summed E-state index contributed by atoms with van der Waals surface area (Å²) in [6.45, 7) is 4.53. The third-order valence-corrected chi connectivity index (χ3v) is 6.24. The van der Waals surface area contributed by atoms with E-state index in [4.69, 9.17) is 17.0 Å². The molecule has 0 bridgehead atoms. The normalized spacial score (nSPS) is 12.1. The summed E-state index contributed by atoms with van der Waals surface area (Å²) in [4.78, 5) is 9.51. The van der Waals surface area contributed by atoms with Crippen LogP contribution in [0, 0.1) is 5.92 Å². The van der Waals surface area contributed by atoms with Gasteiger partial charge >= 0.3 is 0 Å². The average Bonchev–Trinajstić information content (AvgIpc) is 2.77. The fourth-order valence-corrected chi connectivity index (χ4v) is 4.29. The Balaban J connectivity index is 2.06. The Morgan fingerprint density at radius 1 is 0.967 bits per heavy atom. The molecule has 0 saturated heterocycles. The number of hydrogen-bond acceptors (Lipinski definition) is 4. The molecule has 1 heterocycles. The van der Waals surface area contributed by atoms with E-state index in [1.807, 2.05) is 18.3 Å². The minimum absolute atomic E-state index is 0.410. The van der Waals surface area contributed by atoms with Crippen LogP contribution in [0.4, 0.5) is 5.69 Å². The van der Waals surface area contributed by atoms with Crippen molar-refractivity contribution in [1.82, 2.24) is 9.97 Å². The molecule has 1 aromatic heterocycles. The molecule has 1 N–H and O–H groups in total. The Kier molecular flexibility index (Phi) is 11.7. The monoisotopic (exact) mass is 429 g/mol. The van der Waals surface area contributed by atoms with Gasteiger partial charge in [-0.2, -0.15) is 0 Å². The van der Waals surface area contributed by atoms with E-state index >= 15 is 0 Å². The van der Waals surface area contributed by atoms with E-state index in [0.29, 0.717) is 5.92 Å². The van der Waals surface area contributed by atoms with E-state index < -0.39 is 0 Å². The Bertz CT molecular complexity index is 765. The van der Waals surface area contributed by atoms with Crippen LogP contribution in [0.15, 0.2) is 24.7 Å². The predicted octanol–water partition coefficient (Wildman–Crippen LogP) is 7.71. The molecule has 30 heavy (non-hydrogen) atoms. The van der Waals surface area contributed by atoms with Crippen LogP contribution in [0.5, 0.6) is 5.75 Å². The molecule has 2 rings (SSSR count). The van der Waals surface area contributed by atoms with Crippen molar-refractivity contribution >= 4 is 33.8 Å². The molecule has 0 radical (unpaired) electrons. The van der Waals surface area contributed by atoms with Crippen LogP contribution in [-0.4, -0.2) is 22.1 Å². The molecule has 1 unspecified atom stereocenters. The fourth-order valence-electron chi connectivity index (χ4n) is 3.95. The molecular weight excluding hydrogens is 390 g/mol. The molecular formula is C25H39N3OS. The van der Waals surface area contributed by atoms with Gasteiger partial charge in [-0.05, 0) is 25.0 Å². The lowest BCUT2D eigenvalue weighted by Crippen LogP contribution is -2.21. The molecule has 0 amide bonds. The summed E-state index contributed by atoms with van der Waals surface area (Å²) in [5.41, 5.74) is 1.79. The highest BCUT2D eigenvalue weighted by molar-refractivity contribution is 7.80. The van der Waals surface area contributed by atoms with Crippen LogP contribution in [0.2, 0.25) is 0 Å². The zero-order valence-electron chi connectivity index (χ0n) is 19.1. The van der Waals surface area contributed by atoms with Gasteiger partial charge in [0.2, 0.25) is 0 Å². The van der Waals surface area contributed by atoms with Gasteiger partial charge in [-0.1, -0.05) is 90.3 Å². The molecule has 2 aromatic rings. The number of anilines is 1. The maximum absolute atomic E-state index is 5.92. The molecule has 0 fully saturated rings. The lowest BCUT2D eigenvalue weighted by Gasteiger charge is -2.21. The molecule has 0 spiro atoms. The van der Waals surface area contributed by atoms with Gasteiger partial charge in [-0.3, -0.25) is 0 Å². The minimum Gasteiger partial charge on any atom is -0.495 e. The van der Waals surface area contributed by atoms with E-state index in [9.17, 15) is 0 Å². The van der Waals surface area contributed by atoms with Crippen molar-refractivity contribution in [2.24, 2.45) is 5.92 Å². The molecule has 0 aliphatic carbocycles. The van der Waals surface area contributed by atoms with Crippen LogP contribution in [0.3, 0.4) is 0 Å². The second-order valence-electron chi connectivity index (χ2n) is 8.19. The van der Waals surface area contributed by atoms with Crippen molar-refractivity contribution < 1.29 is 4.74 Å². The molecule has 5 heteroatoms. The quantitative estimate of drug-likeness (QED) is 0.232. The highest BCUT2D eigenvalue weighted by Crippen LogP contribution is 2.33. The summed E-state index contributed by atoms with van der Waals surface area (Å²) in [5, 5.41) is 4.48. The van der Waals surface area contributed by atoms with Crippen LogP contribution >= 0.6 is 12.2 Å². The number of nitrogens with zero attached hydrogens (tertiary/aromatic N) is 2. The van der Waals surface area contributed by atoms with E-state index in [1.54, 1.807) is 13.4 Å². The van der Waals surface area contributed by atoms with Crippen LogP contribution in [-0.2, 0) is 0 Å². The number of methoxy groups -OCH3 is 1. The Morgan fingerprint density at radius 3 is 2.27 bits per heavy atom. The van der Waals surface area contributed by atoms with Crippen molar-refractivity contribution in [3.63, 3.8) is 0 Å². The number of unbranched alkanes of at least 4 members (excludes halogenated alkanes) is 8. The maximum Gasteiger partial charge on any atom is 0.143 e. The summed E-state index contributed by atoms with van der Waals surface area (Å²) in [7, 11) is 1.69. The number of benzene rings is 1. The third kappa shape index (κ3) is 7.82. The summed E-state index contributed by atoms with van der Waals surface area (Å²) >= 11 is 5.92. The minimum atomic E-state index is 0.410. The Labute approximate surface area is 188 Å². The fraction of sp³-hybridized carbons (Fsp3) is 0.640. The van der Waals surface area contributed by atoms with Crippen molar-refractivity contribution in [2.75, 3.05) is 12.4 Å². The van der Waals surface area contributed by atoms with Gasteiger partial charge in [-0.15, -0.1) is 0 Å². The summed E-state index contributed by atoms with van der Waals surface area (Å²) in [6, 6.07) is 3.91. The summed E-state index contributed by atoms with van der Waals surface area (Å²) < 4.78 is 5.61. The number of fused-ring (bicyclic) bond motifs is 1. The molecule has 1 atom stereocenters. The van der Waals surface area contributed by atoms with Gasteiger partial charge in [0.1, 0.15) is 12.1 Å². The largest absolute Gasteiger partial charge is 0.495 e.